The van der Waals surface area contributed by atoms with Gasteiger partial charge in [0.15, 0.2) is 0 Å². The fraction of sp³-hybridized carbons (Fsp3) is 0.625. The maximum atomic E-state index is 5.72. The second-order valence-corrected chi connectivity index (χ2v) is 8.84. The lowest BCUT2D eigenvalue weighted by molar-refractivity contribution is 0.210. The van der Waals surface area contributed by atoms with E-state index in [1.807, 2.05) is 0 Å². The summed E-state index contributed by atoms with van der Waals surface area (Å²) in [7, 11) is 1.78. The van der Waals surface area contributed by atoms with Crippen LogP contribution >= 0.6 is 0 Å². The number of hydrogen-bond acceptors (Lipinski definition) is 4. The zero-order valence-electron chi connectivity index (χ0n) is 17.4. The first-order valence-corrected chi connectivity index (χ1v) is 11.3. The minimum absolute atomic E-state index is 0.573. The van der Waals surface area contributed by atoms with Crippen molar-refractivity contribution in [2.24, 2.45) is 0 Å². The highest BCUT2D eigenvalue weighted by molar-refractivity contribution is 5.95. The summed E-state index contributed by atoms with van der Waals surface area (Å²) in [6.07, 6.45) is 11.1. The van der Waals surface area contributed by atoms with Crippen LogP contribution in [-0.2, 0) is 19.3 Å². The van der Waals surface area contributed by atoms with Gasteiger partial charge in [0.2, 0.25) is 0 Å². The summed E-state index contributed by atoms with van der Waals surface area (Å²) in [5, 5.41) is 5.25. The second kappa shape index (κ2) is 7.55. The van der Waals surface area contributed by atoms with Crippen LogP contribution in [0.2, 0.25) is 0 Å². The fourth-order valence-corrected chi connectivity index (χ4v) is 5.18. The molecule has 2 heterocycles. The molecular formula is C24H33N3O. The molecule has 0 radical (unpaired) electrons. The van der Waals surface area contributed by atoms with E-state index in [9.17, 15) is 0 Å². The van der Waals surface area contributed by atoms with E-state index < -0.39 is 0 Å². The number of nitrogens with zero attached hydrogens (tertiary/aromatic N) is 2. The van der Waals surface area contributed by atoms with E-state index in [1.54, 1.807) is 7.11 Å². The second-order valence-electron chi connectivity index (χ2n) is 8.84. The number of nitrogens with one attached hydrogen (secondary N) is 1. The normalized spacial score (nSPS) is 20.9. The summed E-state index contributed by atoms with van der Waals surface area (Å²) < 4.78 is 5.72. The van der Waals surface area contributed by atoms with E-state index in [4.69, 9.17) is 9.72 Å². The van der Waals surface area contributed by atoms with Crippen LogP contribution in [0.15, 0.2) is 12.1 Å². The SMILES string of the molecule is CCc1cc2nc3c(c(NC4CCN(C5CC5)CC4)c2cc1OC)CCCC3. The van der Waals surface area contributed by atoms with Gasteiger partial charge in [0, 0.05) is 41.9 Å². The number of ether oxygens (including phenoxy) is 1. The number of fused-ring (bicyclic) bond motifs is 2. The van der Waals surface area contributed by atoms with Gasteiger partial charge in [-0.1, -0.05) is 6.92 Å². The van der Waals surface area contributed by atoms with Gasteiger partial charge in [-0.2, -0.15) is 0 Å². The summed E-state index contributed by atoms with van der Waals surface area (Å²) in [5.41, 5.74) is 6.53. The Morgan fingerprint density at radius 3 is 2.61 bits per heavy atom. The molecule has 28 heavy (non-hydrogen) atoms. The highest BCUT2D eigenvalue weighted by Crippen LogP contribution is 2.38. The highest BCUT2D eigenvalue weighted by Gasteiger charge is 2.32. The first kappa shape index (κ1) is 18.2. The molecule has 0 atom stereocenters. The van der Waals surface area contributed by atoms with Crippen molar-refractivity contribution >= 4 is 16.6 Å². The Morgan fingerprint density at radius 1 is 1.11 bits per heavy atom. The maximum Gasteiger partial charge on any atom is 0.122 e. The molecule has 0 unspecified atom stereocenters. The largest absolute Gasteiger partial charge is 0.496 e. The zero-order chi connectivity index (χ0) is 19.1. The van der Waals surface area contributed by atoms with Crippen LogP contribution < -0.4 is 10.1 Å². The summed E-state index contributed by atoms with van der Waals surface area (Å²) in [4.78, 5) is 7.80. The van der Waals surface area contributed by atoms with Crippen LogP contribution in [0.4, 0.5) is 5.69 Å². The number of aryl methyl sites for hydroxylation is 2. The van der Waals surface area contributed by atoms with Crippen LogP contribution in [0.5, 0.6) is 5.75 Å². The molecule has 0 bridgehead atoms. The Hall–Kier alpha value is -1.81. The Balaban J connectivity index is 1.51. The summed E-state index contributed by atoms with van der Waals surface area (Å²) in [6.45, 7) is 4.68. The van der Waals surface area contributed by atoms with Gasteiger partial charge in [-0.25, -0.2) is 0 Å². The number of likely N-dealkylation sites (tertiary alicyclic amines) is 1. The van der Waals surface area contributed by atoms with Gasteiger partial charge in [-0.05, 0) is 81.0 Å². The van der Waals surface area contributed by atoms with Gasteiger partial charge in [0.1, 0.15) is 5.75 Å². The molecule has 1 saturated carbocycles. The molecular weight excluding hydrogens is 346 g/mol. The summed E-state index contributed by atoms with van der Waals surface area (Å²) in [6, 6.07) is 5.96. The Kier molecular flexibility index (Phi) is 4.92. The lowest BCUT2D eigenvalue weighted by Crippen LogP contribution is -2.40. The first-order valence-electron chi connectivity index (χ1n) is 11.3. The topological polar surface area (TPSA) is 37.4 Å². The molecule has 0 spiro atoms. The number of benzene rings is 1. The van der Waals surface area contributed by atoms with Crippen molar-refractivity contribution in [3.05, 3.63) is 29.0 Å². The molecule has 1 saturated heterocycles. The molecule has 5 rings (SSSR count). The number of pyridine rings is 1. The van der Waals surface area contributed by atoms with Gasteiger partial charge < -0.3 is 15.0 Å². The number of hydrogen-bond donors (Lipinski definition) is 1. The molecule has 1 aromatic carbocycles. The Bertz CT molecular complexity index is 861. The van der Waals surface area contributed by atoms with Crippen LogP contribution in [0.25, 0.3) is 10.9 Å². The van der Waals surface area contributed by atoms with E-state index in [1.165, 1.54) is 79.5 Å². The minimum Gasteiger partial charge on any atom is -0.496 e. The van der Waals surface area contributed by atoms with E-state index in [0.29, 0.717) is 6.04 Å². The smallest absolute Gasteiger partial charge is 0.122 e. The minimum atomic E-state index is 0.573. The van der Waals surface area contributed by atoms with E-state index in [-0.39, 0.29) is 0 Å². The maximum absolute atomic E-state index is 5.72. The van der Waals surface area contributed by atoms with Crippen LogP contribution in [0.3, 0.4) is 0 Å². The number of anilines is 1. The molecule has 1 aromatic heterocycles. The molecule has 2 aliphatic carbocycles. The number of methoxy groups -OCH3 is 1. The third kappa shape index (κ3) is 3.36. The van der Waals surface area contributed by atoms with Crippen LogP contribution in [0.1, 0.15) is 62.3 Å². The Labute approximate surface area is 168 Å². The molecule has 3 aliphatic rings. The van der Waals surface area contributed by atoms with Crippen molar-refractivity contribution in [3.8, 4) is 5.75 Å². The van der Waals surface area contributed by atoms with Crippen molar-refractivity contribution < 1.29 is 4.74 Å². The van der Waals surface area contributed by atoms with Gasteiger partial charge >= 0.3 is 0 Å². The number of piperidine rings is 1. The molecule has 2 aromatic rings. The van der Waals surface area contributed by atoms with Crippen molar-refractivity contribution in [2.75, 3.05) is 25.5 Å². The summed E-state index contributed by atoms with van der Waals surface area (Å²) >= 11 is 0. The molecule has 2 fully saturated rings. The summed E-state index contributed by atoms with van der Waals surface area (Å²) in [5.74, 6) is 0.999. The number of rotatable bonds is 5. The quantitative estimate of drug-likeness (QED) is 0.815. The van der Waals surface area contributed by atoms with Crippen LogP contribution in [-0.4, -0.2) is 42.2 Å². The zero-order valence-corrected chi connectivity index (χ0v) is 17.4. The first-order chi connectivity index (χ1) is 13.8. The lowest BCUT2D eigenvalue weighted by Gasteiger charge is -2.34. The van der Waals surface area contributed by atoms with Gasteiger partial charge in [0.05, 0.1) is 12.6 Å². The predicted octanol–water partition coefficient (Wildman–Crippen LogP) is 4.72. The van der Waals surface area contributed by atoms with Gasteiger partial charge in [-0.15, -0.1) is 0 Å². The standard InChI is InChI=1S/C24H33N3O/c1-3-16-14-22-20(15-23(16)28-2)24(19-6-4-5-7-21(19)26-22)25-17-10-12-27(13-11-17)18-8-9-18/h14-15,17-18H,3-13H2,1-2H3,(H,25,26). The fourth-order valence-electron chi connectivity index (χ4n) is 5.18. The predicted molar refractivity (Wildman–Crippen MR) is 116 cm³/mol. The monoisotopic (exact) mass is 379 g/mol. The Morgan fingerprint density at radius 2 is 1.89 bits per heavy atom. The molecule has 4 nitrogen and oxygen atoms in total. The lowest BCUT2D eigenvalue weighted by atomic mass is 9.91. The van der Waals surface area contributed by atoms with Crippen molar-refractivity contribution in [1.82, 2.24) is 9.88 Å². The number of aromatic nitrogens is 1. The molecule has 1 aliphatic heterocycles. The van der Waals surface area contributed by atoms with Crippen LogP contribution in [0, 0.1) is 0 Å². The van der Waals surface area contributed by atoms with Gasteiger partial charge in [-0.3, -0.25) is 4.98 Å². The molecule has 1 N–H and O–H groups in total. The average molecular weight is 380 g/mol. The molecule has 0 amide bonds. The van der Waals surface area contributed by atoms with Crippen molar-refractivity contribution in [2.45, 2.75) is 76.8 Å². The molecule has 150 valence electrons. The van der Waals surface area contributed by atoms with Crippen molar-refractivity contribution in [3.63, 3.8) is 0 Å². The third-order valence-corrected chi connectivity index (χ3v) is 6.99. The third-order valence-electron chi connectivity index (χ3n) is 6.99. The van der Waals surface area contributed by atoms with E-state index in [2.05, 4.69) is 29.3 Å². The van der Waals surface area contributed by atoms with Crippen molar-refractivity contribution in [1.29, 1.82) is 0 Å². The van der Waals surface area contributed by atoms with E-state index >= 15 is 0 Å². The molecule has 4 heteroatoms. The average Bonchev–Trinajstić information content (AvgIpc) is 3.58. The highest BCUT2D eigenvalue weighted by atomic mass is 16.5. The van der Waals surface area contributed by atoms with E-state index in [0.717, 1.165) is 36.6 Å². The van der Waals surface area contributed by atoms with Gasteiger partial charge in [0.25, 0.3) is 0 Å².